The van der Waals surface area contributed by atoms with Gasteiger partial charge >= 0.3 is 0 Å². The summed E-state index contributed by atoms with van der Waals surface area (Å²) in [4.78, 5) is 113. The van der Waals surface area contributed by atoms with Gasteiger partial charge in [-0.1, -0.05) is 22.4 Å². The number of ether oxygens (including phenoxy) is 1. The number of nitrogens with one attached hydrogen (secondary N) is 5. The highest BCUT2D eigenvalue weighted by Gasteiger charge is 2.50. The highest BCUT2D eigenvalue weighted by molar-refractivity contribution is 7.90. The molecule has 0 spiro atoms. The van der Waals surface area contributed by atoms with Crippen LogP contribution in [-0.4, -0.2) is 243 Å². The SMILES string of the molecule is [C-]#[N+]C[C@@H](O)[C@@H]1NC(=O)[C@H]([C@H](O)Cc2ccc(O)c(OSOOO)c2)NC(=O)[C@@H]2C[C@H](O)CN2C(=O)[C@H]([C@H](C)O)NC(=O)[C@@H](NC(=O)c2ccc(N3CCN(c4ccc(N5C[C@@H](C)O[C@@H](C)C5)cc4)CC3)cc2)C[C@H](O)CNC(=O)[C@@H]2[C@@H](O)[C@H](C)CN2C1=O. The number of aromatic hydroxyl groups is 1. The highest BCUT2D eigenvalue weighted by atomic mass is 32.2. The number of morpholine rings is 1. The normalized spacial score (nSPS) is 28.9. The van der Waals surface area contributed by atoms with Gasteiger partial charge in [0.25, 0.3) is 18.2 Å². The number of hydrogen-bond donors (Lipinski definition) is 13. The number of β-amino-alcohol motifs (C(OH)–C–C–N with tert-alkyl or cyclic N) is 1. The van der Waals surface area contributed by atoms with Crippen molar-refractivity contribution in [3.63, 3.8) is 0 Å². The number of piperazine rings is 1. The molecule has 7 amide bonds. The maximum atomic E-state index is 14.6. The Labute approximate surface area is 517 Å². The lowest BCUT2D eigenvalue weighted by Crippen LogP contribution is -2.64. The molecule has 13 N–H and O–H groups in total. The summed E-state index contributed by atoms with van der Waals surface area (Å²) in [7, 11) is 0. The summed E-state index contributed by atoms with van der Waals surface area (Å²) in [5, 5.41) is 103. The van der Waals surface area contributed by atoms with E-state index >= 15 is 0 Å². The smallest absolute Gasteiger partial charge is 0.261 e. The molecule has 0 aromatic heterocycles. The Hall–Kier alpha value is -7.61. The van der Waals surface area contributed by atoms with Crippen LogP contribution in [0.5, 0.6) is 11.5 Å². The Kier molecular flexibility index (Phi) is 22.9. The van der Waals surface area contributed by atoms with Crippen molar-refractivity contribution in [3.8, 4) is 11.5 Å². The summed E-state index contributed by atoms with van der Waals surface area (Å²) in [5.41, 5.74) is 3.24. The molecule has 89 heavy (non-hydrogen) atoms. The molecule has 8 rings (SSSR count). The Morgan fingerprint density at radius 2 is 1.30 bits per heavy atom. The largest absolute Gasteiger partial charge is 0.504 e. The van der Waals surface area contributed by atoms with Crippen LogP contribution < -0.4 is 45.5 Å². The summed E-state index contributed by atoms with van der Waals surface area (Å²) in [6.45, 7) is 16.2. The van der Waals surface area contributed by atoms with Crippen LogP contribution in [-0.2, 0) is 49.3 Å². The van der Waals surface area contributed by atoms with Gasteiger partial charge in [-0.15, -0.1) is 0 Å². The van der Waals surface area contributed by atoms with Crippen LogP contribution in [0.1, 0.15) is 56.5 Å². The van der Waals surface area contributed by atoms with Crippen LogP contribution in [0.15, 0.2) is 66.7 Å². The van der Waals surface area contributed by atoms with Gasteiger partial charge in [0, 0.05) is 107 Å². The Balaban J connectivity index is 1.04. The number of carbonyl (C=O) groups is 7. The number of rotatable bonds is 15. The second-order valence-corrected chi connectivity index (χ2v) is 23.6. The summed E-state index contributed by atoms with van der Waals surface area (Å²) >= 11 is 0.0732. The van der Waals surface area contributed by atoms with Crippen molar-refractivity contribution in [2.24, 2.45) is 5.92 Å². The number of benzene rings is 3. The first-order chi connectivity index (χ1) is 42.4. The van der Waals surface area contributed by atoms with Crippen molar-refractivity contribution in [2.75, 3.05) is 80.1 Å². The van der Waals surface area contributed by atoms with Crippen LogP contribution >= 0.6 is 12.3 Å². The number of fused-ring (bicyclic) bond motifs is 2. The van der Waals surface area contributed by atoms with Crippen molar-refractivity contribution in [1.29, 1.82) is 0 Å². The third kappa shape index (κ3) is 16.6. The summed E-state index contributed by atoms with van der Waals surface area (Å²) in [5.74, 6) is -9.47. The first kappa shape index (κ1) is 67.3. The second kappa shape index (κ2) is 30.3. The van der Waals surface area contributed by atoms with Crippen molar-refractivity contribution in [1.82, 2.24) is 36.4 Å². The third-order valence-electron chi connectivity index (χ3n) is 16.4. The fourth-order valence-electron chi connectivity index (χ4n) is 11.8. The molecule has 0 bridgehead atoms. The fraction of sp³-hybridized carbons (Fsp3) is 0.552. The van der Waals surface area contributed by atoms with Crippen LogP contribution in [0.25, 0.3) is 4.85 Å². The first-order valence-electron chi connectivity index (χ1n) is 29.2. The average Bonchev–Trinajstić information content (AvgIpc) is 2.39. The average molecular weight is 1260 g/mol. The second-order valence-electron chi connectivity index (χ2n) is 23.1. The van der Waals surface area contributed by atoms with Crippen molar-refractivity contribution >= 4 is 70.7 Å². The highest BCUT2D eigenvalue weighted by Crippen LogP contribution is 2.32. The Morgan fingerprint density at radius 3 is 1.91 bits per heavy atom. The fourth-order valence-corrected chi connectivity index (χ4v) is 12.1. The molecule has 31 heteroatoms. The summed E-state index contributed by atoms with van der Waals surface area (Å²) < 4.78 is 15.2. The maximum absolute atomic E-state index is 14.6. The topological polar surface area (TPSA) is 399 Å². The van der Waals surface area contributed by atoms with Crippen LogP contribution in [0.2, 0.25) is 0 Å². The number of phenols is 1. The molecule has 5 fully saturated rings. The van der Waals surface area contributed by atoms with E-state index in [9.17, 15) is 69.3 Å². The zero-order valence-electron chi connectivity index (χ0n) is 49.4. The third-order valence-corrected chi connectivity index (χ3v) is 16.8. The van der Waals surface area contributed by atoms with Gasteiger partial charge in [0.05, 0.1) is 42.7 Å². The molecule has 5 aliphatic heterocycles. The van der Waals surface area contributed by atoms with E-state index in [0.717, 1.165) is 52.9 Å². The van der Waals surface area contributed by atoms with E-state index in [-0.39, 0.29) is 48.0 Å². The summed E-state index contributed by atoms with van der Waals surface area (Å²) in [6.07, 6.45) is -11.9. The molecule has 0 unspecified atom stereocenters. The number of hydrogen-bond acceptors (Lipinski definition) is 23. The minimum absolute atomic E-state index is 0.0732. The number of phenolic OH excluding ortho intramolecular Hbond substituents is 1. The molecular formula is C58H77N11O19S. The van der Waals surface area contributed by atoms with Gasteiger partial charge in [-0.3, -0.25) is 33.6 Å². The molecule has 0 radical (unpaired) electrons. The molecular weight excluding hydrogens is 1190 g/mol. The van der Waals surface area contributed by atoms with E-state index in [1.54, 1.807) is 24.3 Å². The number of anilines is 3. The number of carbonyl (C=O) groups excluding carboxylic acids is 7. The van der Waals surface area contributed by atoms with Gasteiger partial charge in [-0.2, -0.15) is 0 Å². The molecule has 5 heterocycles. The molecule has 5 aliphatic rings. The minimum atomic E-state index is -2.14. The van der Waals surface area contributed by atoms with Crippen molar-refractivity contribution in [2.45, 2.75) is 132 Å². The molecule has 0 saturated carbocycles. The van der Waals surface area contributed by atoms with E-state index in [4.69, 9.17) is 20.7 Å². The lowest BCUT2D eigenvalue weighted by molar-refractivity contribution is -0.433. The van der Waals surface area contributed by atoms with Crippen LogP contribution in [0.4, 0.5) is 17.1 Å². The predicted octanol–water partition coefficient (Wildman–Crippen LogP) is -2.44. The molecule has 5 saturated heterocycles. The molecule has 15 atom stereocenters. The van der Waals surface area contributed by atoms with Gasteiger partial charge in [0.15, 0.2) is 17.6 Å². The van der Waals surface area contributed by atoms with Crippen molar-refractivity contribution in [3.05, 3.63) is 89.3 Å². The van der Waals surface area contributed by atoms with Gasteiger partial charge in [-0.05, 0) is 87.0 Å². The van der Waals surface area contributed by atoms with Gasteiger partial charge < -0.3 is 101 Å². The van der Waals surface area contributed by atoms with E-state index in [2.05, 4.69) is 93.6 Å². The van der Waals surface area contributed by atoms with E-state index in [1.807, 2.05) is 0 Å². The monoisotopic (exact) mass is 1260 g/mol. The minimum Gasteiger partial charge on any atom is -0.504 e. The van der Waals surface area contributed by atoms with Crippen molar-refractivity contribution < 1.29 is 92.9 Å². The lowest BCUT2D eigenvalue weighted by Gasteiger charge is -2.38. The number of amides is 7. The van der Waals surface area contributed by atoms with Gasteiger partial charge in [-0.25, -0.2) is 11.8 Å². The lowest BCUT2D eigenvalue weighted by atomic mass is 9.99. The van der Waals surface area contributed by atoms with E-state index in [0.29, 0.717) is 26.2 Å². The Morgan fingerprint density at radius 1 is 0.719 bits per heavy atom. The van der Waals surface area contributed by atoms with Gasteiger partial charge in [0.2, 0.25) is 42.0 Å². The molecule has 3 aromatic carbocycles. The molecule has 484 valence electrons. The van der Waals surface area contributed by atoms with E-state index in [1.165, 1.54) is 19.1 Å². The molecule has 0 aliphatic carbocycles. The molecule has 3 aromatic rings. The predicted molar refractivity (Wildman–Crippen MR) is 317 cm³/mol. The quantitative estimate of drug-likeness (QED) is 0.0247. The first-order valence-corrected chi connectivity index (χ1v) is 29.9. The zero-order valence-corrected chi connectivity index (χ0v) is 50.2. The van der Waals surface area contributed by atoms with Crippen LogP contribution in [0, 0.1) is 12.5 Å². The number of aliphatic hydroxyl groups is 6. The molecule has 30 nitrogen and oxygen atoms in total. The van der Waals surface area contributed by atoms with Gasteiger partial charge in [0.1, 0.15) is 36.3 Å². The van der Waals surface area contributed by atoms with Crippen LogP contribution in [0.3, 0.4) is 0 Å². The standard InChI is InChI=1S/C58H77N11O19S/c1-30-26-69-50(51(30)76)56(81)60-24-39(71)22-41(61-52(77)35-7-9-36(10-8-35)65-16-18-66(19-17-65)37-11-13-38(14-12-37)67-27-31(2)85-32(3)28-67)53(78)62-47(33(4)70)57(82)68-29-40(72)23-42(68)54(79)63-48(55(80)64-49(58(69)83)45(75)25-59-5)44(74)20-34-6-15-43(73)46(21-34)86-89-88-87-84/h6-15,21,30-33,39-42,44-45,47-51,70-76,84H,16-20,22-29H2,1-4H3,(H,60,81)(H,61,77)(H,62,78)(H,63,79)(H,64,80)/t30-,31-,32+,33+,39+,40+,41+,42+,44-,45-,47+,48+,49+,50+,51+/m1/s1. The number of aliphatic hydroxyl groups excluding tert-OH is 6. The number of nitrogens with zero attached hydrogens (tertiary/aromatic N) is 6. The zero-order chi connectivity index (χ0) is 64.4. The summed E-state index contributed by atoms with van der Waals surface area (Å²) in [6, 6.07) is 7.30. The Bertz CT molecular complexity index is 3020. The maximum Gasteiger partial charge on any atom is 0.261 e. The van der Waals surface area contributed by atoms with E-state index < -0.39 is 165 Å².